The molecule has 102 valence electrons. The van der Waals surface area contributed by atoms with E-state index in [1.807, 2.05) is 14.0 Å². The minimum absolute atomic E-state index is 0.0927. The van der Waals surface area contributed by atoms with Crippen LogP contribution in [-0.2, 0) is 11.3 Å². The molecule has 7 heteroatoms. The van der Waals surface area contributed by atoms with Gasteiger partial charge in [-0.2, -0.15) is 13.2 Å². The summed E-state index contributed by atoms with van der Waals surface area (Å²) in [5, 5.41) is 3.04. The van der Waals surface area contributed by atoms with Crippen molar-refractivity contribution in [3.63, 3.8) is 0 Å². The minimum Gasteiger partial charge on any atom is -0.364 e. The molecular formula is C11H16F3N3O. The van der Waals surface area contributed by atoms with Crippen LogP contribution < -0.4 is 5.32 Å². The maximum Gasteiger partial charge on any atom is 0.411 e. The Bertz CT molecular complexity index is 396. The molecule has 0 bridgehead atoms. The fourth-order valence-corrected chi connectivity index (χ4v) is 1.43. The van der Waals surface area contributed by atoms with E-state index >= 15 is 0 Å². The van der Waals surface area contributed by atoms with Crippen LogP contribution in [0.15, 0.2) is 6.20 Å². The molecule has 1 rings (SSSR count). The van der Waals surface area contributed by atoms with Gasteiger partial charge in [-0.3, -0.25) is 0 Å². The first kappa shape index (κ1) is 14.8. The van der Waals surface area contributed by atoms with E-state index in [-0.39, 0.29) is 18.5 Å². The van der Waals surface area contributed by atoms with Gasteiger partial charge in [-0.15, -0.1) is 0 Å². The standard InChI is InChI=1S/C11H16F3N3O/c1-7(15-3)9-4-16-10(17-8(9)2)5-18-6-11(12,13)14/h4,7,15H,5-6H2,1-3H3. The Morgan fingerprint density at radius 1 is 1.44 bits per heavy atom. The average molecular weight is 263 g/mol. The second-order valence-electron chi connectivity index (χ2n) is 3.95. The van der Waals surface area contributed by atoms with Gasteiger partial charge in [-0.05, 0) is 20.9 Å². The number of hydrogen-bond donors (Lipinski definition) is 1. The van der Waals surface area contributed by atoms with Crippen molar-refractivity contribution in [2.45, 2.75) is 32.7 Å². The lowest BCUT2D eigenvalue weighted by atomic mass is 10.1. The molecule has 0 saturated heterocycles. The van der Waals surface area contributed by atoms with Crippen molar-refractivity contribution >= 4 is 0 Å². The predicted octanol–water partition coefficient (Wildman–Crippen LogP) is 2.14. The molecule has 0 aromatic carbocycles. The van der Waals surface area contributed by atoms with Gasteiger partial charge in [-0.25, -0.2) is 9.97 Å². The molecule has 0 radical (unpaired) electrons. The SMILES string of the molecule is CNC(C)c1cnc(COCC(F)(F)F)nc1C. The van der Waals surface area contributed by atoms with Gasteiger partial charge < -0.3 is 10.1 Å². The number of rotatable bonds is 5. The molecule has 1 atom stereocenters. The minimum atomic E-state index is -4.32. The van der Waals surface area contributed by atoms with Crippen LogP contribution >= 0.6 is 0 Å². The Balaban J connectivity index is 2.62. The third-order valence-electron chi connectivity index (χ3n) is 2.46. The first-order valence-electron chi connectivity index (χ1n) is 5.47. The van der Waals surface area contributed by atoms with Crippen LogP contribution in [0.1, 0.15) is 30.0 Å². The zero-order valence-corrected chi connectivity index (χ0v) is 10.5. The Morgan fingerprint density at radius 2 is 2.11 bits per heavy atom. The molecule has 0 spiro atoms. The lowest BCUT2D eigenvalue weighted by Crippen LogP contribution is -2.18. The van der Waals surface area contributed by atoms with E-state index in [9.17, 15) is 13.2 Å². The van der Waals surface area contributed by atoms with Crippen LogP contribution in [0.2, 0.25) is 0 Å². The molecule has 0 amide bonds. The van der Waals surface area contributed by atoms with E-state index in [1.54, 1.807) is 13.1 Å². The van der Waals surface area contributed by atoms with E-state index in [0.717, 1.165) is 11.3 Å². The van der Waals surface area contributed by atoms with Crippen LogP contribution in [0, 0.1) is 6.92 Å². The van der Waals surface area contributed by atoms with Crippen LogP contribution in [-0.4, -0.2) is 29.8 Å². The summed E-state index contributed by atoms with van der Waals surface area (Å²) in [6.07, 6.45) is -2.72. The highest BCUT2D eigenvalue weighted by atomic mass is 19.4. The molecule has 1 aromatic rings. The number of alkyl halides is 3. The molecule has 1 N–H and O–H groups in total. The number of hydrogen-bond acceptors (Lipinski definition) is 4. The lowest BCUT2D eigenvalue weighted by Gasteiger charge is -2.13. The first-order chi connectivity index (χ1) is 8.33. The summed E-state index contributed by atoms with van der Waals surface area (Å²) in [6.45, 7) is 2.21. The van der Waals surface area contributed by atoms with E-state index in [1.165, 1.54) is 0 Å². The smallest absolute Gasteiger partial charge is 0.364 e. The fraction of sp³-hybridized carbons (Fsp3) is 0.636. The molecular weight excluding hydrogens is 247 g/mol. The maximum absolute atomic E-state index is 11.9. The Kier molecular flexibility index (Phi) is 5.03. The van der Waals surface area contributed by atoms with Crippen LogP contribution in [0.4, 0.5) is 13.2 Å². The highest BCUT2D eigenvalue weighted by Gasteiger charge is 2.27. The lowest BCUT2D eigenvalue weighted by molar-refractivity contribution is -0.177. The van der Waals surface area contributed by atoms with Gasteiger partial charge in [0.15, 0.2) is 5.82 Å². The largest absolute Gasteiger partial charge is 0.411 e. The van der Waals surface area contributed by atoms with E-state index < -0.39 is 12.8 Å². The molecule has 1 heterocycles. The predicted molar refractivity (Wildman–Crippen MR) is 60.0 cm³/mol. The average Bonchev–Trinajstić information content (AvgIpc) is 2.26. The molecule has 0 aliphatic carbocycles. The first-order valence-corrected chi connectivity index (χ1v) is 5.47. The number of nitrogens with one attached hydrogen (secondary N) is 1. The summed E-state index contributed by atoms with van der Waals surface area (Å²) in [5.74, 6) is 0.254. The van der Waals surface area contributed by atoms with Gasteiger partial charge in [0, 0.05) is 23.5 Å². The zero-order chi connectivity index (χ0) is 13.8. The van der Waals surface area contributed by atoms with Gasteiger partial charge in [-0.1, -0.05) is 0 Å². The van der Waals surface area contributed by atoms with Gasteiger partial charge in [0.25, 0.3) is 0 Å². The molecule has 0 fully saturated rings. The van der Waals surface area contributed by atoms with Crippen molar-refractivity contribution < 1.29 is 17.9 Å². The molecule has 1 unspecified atom stereocenters. The van der Waals surface area contributed by atoms with Crippen molar-refractivity contribution in [3.8, 4) is 0 Å². The maximum atomic E-state index is 11.9. The van der Waals surface area contributed by atoms with Crippen molar-refractivity contribution in [2.75, 3.05) is 13.7 Å². The Hall–Kier alpha value is -1.21. The van der Waals surface area contributed by atoms with Crippen molar-refractivity contribution in [1.82, 2.24) is 15.3 Å². The normalized spacial score (nSPS) is 13.7. The summed E-state index contributed by atoms with van der Waals surface area (Å²) in [6, 6.07) is 0.0927. The van der Waals surface area contributed by atoms with E-state index in [2.05, 4.69) is 20.0 Å². The van der Waals surface area contributed by atoms with Crippen molar-refractivity contribution in [3.05, 3.63) is 23.3 Å². The topological polar surface area (TPSA) is 47.0 Å². The number of halogens is 3. The molecule has 4 nitrogen and oxygen atoms in total. The number of ether oxygens (including phenoxy) is 1. The second-order valence-corrected chi connectivity index (χ2v) is 3.95. The third kappa shape index (κ3) is 4.58. The fourth-order valence-electron chi connectivity index (χ4n) is 1.43. The van der Waals surface area contributed by atoms with Crippen LogP contribution in [0.25, 0.3) is 0 Å². The second kappa shape index (κ2) is 6.10. The van der Waals surface area contributed by atoms with Crippen molar-refractivity contribution in [1.29, 1.82) is 0 Å². The Morgan fingerprint density at radius 3 is 2.61 bits per heavy atom. The monoisotopic (exact) mass is 263 g/mol. The van der Waals surface area contributed by atoms with Crippen LogP contribution in [0.5, 0.6) is 0 Å². The summed E-state index contributed by atoms with van der Waals surface area (Å²) < 4.78 is 40.1. The summed E-state index contributed by atoms with van der Waals surface area (Å²) in [7, 11) is 1.81. The quantitative estimate of drug-likeness (QED) is 0.884. The molecule has 0 aliphatic rings. The zero-order valence-electron chi connectivity index (χ0n) is 10.5. The Labute approximate surface area is 104 Å². The molecule has 1 aromatic heterocycles. The summed E-state index contributed by atoms with van der Waals surface area (Å²) in [5.41, 5.74) is 1.65. The summed E-state index contributed by atoms with van der Waals surface area (Å²) >= 11 is 0. The van der Waals surface area contributed by atoms with E-state index in [4.69, 9.17) is 0 Å². The highest BCUT2D eigenvalue weighted by molar-refractivity contribution is 5.19. The van der Waals surface area contributed by atoms with Crippen LogP contribution in [0.3, 0.4) is 0 Å². The summed E-state index contributed by atoms with van der Waals surface area (Å²) in [4.78, 5) is 8.10. The van der Waals surface area contributed by atoms with E-state index in [0.29, 0.717) is 0 Å². The highest BCUT2D eigenvalue weighted by Crippen LogP contribution is 2.16. The number of aromatic nitrogens is 2. The van der Waals surface area contributed by atoms with Gasteiger partial charge >= 0.3 is 6.18 Å². The molecule has 0 aliphatic heterocycles. The van der Waals surface area contributed by atoms with Gasteiger partial charge in [0.1, 0.15) is 13.2 Å². The molecule has 18 heavy (non-hydrogen) atoms. The number of nitrogens with zero attached hydrogens (tertiary/aromatic N) is 2. The van der Waals surface area contributed by atoms with Gasteiger partial charge in [0.2, 0.25) is 0 Å². The van der Waals surface area contributed by atoms with Gasteiger partial charge in [0.05, 0.1) is 0 Å². The number of aryl methyl sites for hydroxylation is 1. The van der Waals surface area contributed by atoms with Crippen molar-refractivity contribution in [2.24, 2.45) is 0 Å². The molecule has 0 saturated carbocycles. The third-order valence-corrected chi connectivity index (χ3v) is 2.46.